The average molecular weight is 351 g/mol. The van der Waals surface area contributed by atoms with Crippen LogP contribution in [0.4, 0.5) is 0 Å². The van der Waals surface area contributed by atoms with E-state index in [0.717, 1.165) is 17.8 Å². The Labute approximate surface area is 143 Å². The van der Waals surface area contributed by atoms with E-state index in [2.05, 4.69) is 16.7 Å². The standard InChI is InChI=1S/C17H25N3O3S/c1-4-16-5-7-17(8-6-16)23-11-12-24(21,22)18-9-10-20-15(3)13-14(2)19-20/h5-8,13,18H,4,9-12H2,1-3H3. The first kappa shape index (κ1) is 18.5. The molecule has 24 heavy (non-hydrogen) atoms. The van der Waals surface area contributed by atoms with Crippen molar-refractivity contribution < 1.29 is 13.2 Å². The van der Waals surface area contributed by atoms with Gasteiger partial charge < -0.3 is 4.74 Å². The van der Waals surface area contributed by atoms with E-state index in [-0.39, 0.29) is 12.4 Å². The van der Waals surface area contributed by atoms with E-state index in [1.165, 1.54) is 5.56 Å². The van der Waals surface area contributed by atoms with Gasteiger partial charge in [-0.2, -0.15) is 5.10 Å². The van der Waals surface area contributed by atoms with Gasteiger partial charge in [0.25, 0.3) is 0 Å². The third-order valence-electron chi connectivity index (χ3n) is 3.70. The maximum atomic E-state index is 12.0. The largest absolute Gasteiger partial charge is 0.492 e. The van der Waals surface area contributed by atoms with Crippen LogP contribution >= 0.6 is 0 Å². The summed E-state index contributed by atoms with van der Waals surface area (Å²) < 4.78 is 33.8. The van der Waals surface area contributed by atoms with Crippen molar-refractivity contribution in [3.8, 4) is 5.75 Å². The van der Waals surface area contributed by atoms with Crippen LogP contribution in [0, 0.1) is 13.8 Å². The molecule has 0 atom stereocenters. The Bertz CT molecular complexity index is 752. The molecule has 0 aliphatic rings. The van der Waals surface area contributed by atoms with Crippen LogP contribution in [0.25, 0.3) is 0 Å². The second-order valence-electron chi connectivity index (χ2n) is 5.71. The van der Waals surface area contributed by atoms with Crippen LogP contribution in [0.2, 0.25) is 0 Å². The van der Waals surface area contributed by atoms with Crippen molar-refractivity contribution in [2.75, 3.05) is 18.9 Å². The van der Waals surface area contributed by atoms with Crippen molar-refractivity contribution in [2.24, 2.45) is 0 Å². The van der Waals surface area contributed by atoms with Gasteiger partial charge in [0.2, 0.25) is 10.0 Å². The second-order valence-corrected chi connectivity index (χ2v) is 7.64. The van der Waals surface area contributed by atoms with Crippen LogP contribution in [0.15, 0.2) is 30.3 Å². The van der Waals surface area contributed by atoms with E-state index >= 15 is 0 Å². The molecule has 0 aliphatic carbocycles. The van der Waals surface area contributed by atoms with Crippen molar-refractivity contribution in [3.63, 3.8) is 0 Å². The third-order valence-corrected chi connectivity index (χ3v) is 5.05. The van der Waals surface area contributed by atoms with Crippen molar-refractivity contribution in [3.05, 3.63) is 47.3 Å². The molecule has 7 heteroatoms. The Morgan fingerprint density at radius 3 is 2.50 bits per heavy atom. The zero-order chi connectivity index (χ0) is 17.6. The number of nitrogens with zero attached hydrogens (tertiary/aromatic N) is 2. The van der Waals surface area contributed by atoms with Gasteiger partial charge in [-0.1, -0.05) is 19.1 Å². The minimum atomic E-state index is -3.36. The van der Waals surface area contributed by atoms with E-state index < -0.39 is 10.0 Å². The Morgan fingerprint density at radius 1 is 1.21 bits per heavy atom. The van der Waals surface area contributed by atoms with E-state index in [4.69, 9.17) is 4.74 Å². The number of aryl methyl sites for hydroxylation is 3. The SMILES string of the molecule is CCc1ccc(OCCS(=O)(=O)NCCn2nc(C)cc2C)cc1. The molecule has 0 spiro atoms. The fourth-order valence-corrected chi connectivity index (χ4v) is 3.22. The van der Waals surface area contributed by atoms with Gasteiger partial charge in [-0.05, 0) is 44.0 Å². The summed E-state index contributed by atoms with van der Waals surface area (Å²) in [5.74, 6) is 0.615. The van der Waals surface area contributed by atoms with Gasteiger partial charge in [0.1, 0.15) is 12.4 Å². The zero-order valence-corrected chi connectivity index (χ0v) is 15.3. The molecule has 132 valence electrons. The molecule has 2 aromatic rings. The fourth-order valence-electron chi connectivity index (χ4n) is 2.37. The number of rotatable bonds is 9. The molecule has 0 unspecified atom stereocenters. The van der Waals surface area contributed by atoms with Gasteiger partial charge in [-0.3, -0.25) is 4.68 Å². The maximum absolute atomic E-state index is 12.0. The Balaban J connectivity index is 1.73. The maximum Gasteiger partial charge on any atom is 0.215 e. The number of benzene rings is 1. The normalized spacial score (nSPS) is 11.6. The van der Waals surface area contributed by atoms with Crippen LogP contribution in [-0.2, 0) is 23.0 Å². The van der Waals surface area contributed by atoms with Crippen molar-refractivity contribution in [2.45, 2.75) is 33.7 Å². The average Bonchev–Trinajstić information content (AvgIpc) is 2.85. The fraction of sp³-hybridized carbons (Fsp3) is 0.471. The van der Waals surface area contributed by atoms with Crippen LogP contribution < -0.4 is 9.46 Å². The smallest absolute Gasteiger partial charge is 0.215 e. The quantitative estimate of drug-likeness (QED) is 0.750. The van der Waals surface area contributed by atoms with Crippen molar-refractivity contribution >= 4 is 10.0 Å². The van der Waals surface area contributed by atoms with Gasteiger partial charge in [-0.25, -0.2) is 13.1 Å². The molecule has 0 aliphatic heterocycles. The topological polar surface area (TPSA) is 73.2 Å². The van der Waals surface area contributed by atoms with E-state index in [1.54, 1.807) is 4.68 Å². The highest BCUT2D eigenvalue weighted by atomic mass is 32.2. The zero-order valence-electron chi connectivity index (χ0n) is 14.4. The highest BCUT2D eigenvalue weighted by molar-refractivity contribution is 7.89. The number of nitrogens with one attached hydrogen (secondary N) is 1. The molecule has 0 saturated heterocycles. The second kappa shape index (κ2) is 8.30. The molecule has 2 rings (SSSR count). The van der Waals surface area contributed by atoms with Gasteiger partial charge in [-0.15, -0.1) is 0 Å². The molecule has 1 heterocycles. The molecule has 0 fully saturated rings. The first-order valence-electron chi connectivity index (χ1n) is 8.10. The number of aromatic nitrogens is 2. The molecular formula is C17H25N3O3S. The highest BCUT2D eigenvalue weighted by Gasteiger charge is 2.10. The lowest BCUT2D eigenvalue weighted by atomic mass is 10.2. The van der Waals surface area contributed by atoms with Crippen LogP contribution in [0.3, 0.4) is 0 Å². The highest BCUT2D eigenvalue weighted by Crippen LogP contribution is 2.12. The van der Waals surface area contributed by atoms with E-state index in [1.807, 2.05) is 44.2 Å². The van der Waals surface area contributed by atoms with Gasteiger partial charge in [0, 0.05) is 12.2 Å². The summed E-state index contributed by atoms with van der Waals surface area (Å²) in [4.78, 5) is 0. The molecular weight excluding hydrogens is 326 g/mol. The third kappa shape index (κ3) is 5.65. The molecule has 1 aromatic heterocycles. The first-order chi connectivity index (χ1) is 11.4. The summed E-state index contributed by atoms with van der Waals surface area (Å²) in [6, 6.07) is 9.66. The number of ether oxygens (including phenoxy) is 1. The number of hydrogen-bond acceptors (Lipinski definition) is 4. The number of hydrogen-bond donors (Lipinski definition) is 1. The molecule has 0 amide bonds. The lowest BCUT2D eigenvalue weighted by Crippen LogP contribution is -2.32. The Hall–Kier alpha value is -1.86. The summed E-state index contributed by atoms with van der Waals surface area (Å²) in [6.07, 6.45) is 0.966. The number of sulfonamides is 1. The molecule has 0 radical (unpaired) electrons. The summed E-state index contributed by atoms with van der Waals surface area (Å²) in [7, 11) is -3.36. The summed E-state index contributed by atoms with van der Waals surface area (Å²) in [5, 5.41) is 4.30. The van der Waals surface area contributed by atoms with Crippen LogP contribution in [0.5, 0.6) is 5.75 Å². The van der Waals surface area contributed by atoms with Gasteiger partial charge in [0.15, 0.2) is 0 Å². The molecule has 1 aromatic carbocycles. The van der Waals surface area contributed by atoms with Gasteiger partial charge >= 0.3 is 0 Å². The minimum absolute atomic E-state index is 0.0698. The Morgan fingerprint density at radius 2 is 1.92 bits per heavy atom. The van der Waals surface area contributed by atoms with Crippen molar-refractivity contribution in [1.82, 2.24) is 14.5 Å². The van der Waals surface area contributed by atoms with Gasteiger partial charge in [0.05, 0.1) is 18.0 Å². The molecule has 1 N–H and O–H groups in total. The van der Waals surface area contributed by atoms with Crippen LogP contribution in [0.1, 0.15) is 23.9 Å². The summed E-state index contributed by atoms with van der Waals surface area (Å²) >= 11 is 0. The van der Waals surface area contributed by atoms with E-state index in [0.29, 0.717) is 18.8 Å². The first-order valence-corrected chi connectivity index (χ1v) is 9.75. The molecule has 6 nitrogen and oxygen atoms in total. The van der Waals surface area contributed by atoms with Crippen molar-refractivity contribution in [1.29, 1.82) is 0 Å². The lowest BCUT2D eigenvalue weighted by molar-refractivity contribution is 0.340. The predicted molar refractivity (Wildman–Crippen MR) is 94.8 cm³/mol. The summed E-state index contributed by atoms with van der Waals surface area (Å²) in [6.45, 7) is 6.90. The Kier molecular flexibility index (Phi) is 6.39. The molecule has 0 bridgehead atoms. The van der Waals surface area contributed by atoms with E-state index in [9.17, 15) is 8.42 Å². The van der Waals surface area contributed by atoms with Crippen LogP contribution in [-0.4, -0.2) is 37.1 Å². The predicted octanol–water partition coefficient (Wildman–Crippen LogP) is 2.06. The monoisotopic (exact) mass is 351 g/mol. The summed E-state index contributed by atoms with van der Waals surface area (Å²) in [5.41, 5.74) is 3.17. The lowest BCUT2D eigenvalue weighted by Gasteiger charge is -2.09. The minimum Gasteiger partial charge on any atom is -0.492 e. The molecule has 0 saturated carbocycles.